The molecule has 146 valence electrons. The Bertz CT molecular complexity index is 969. The zero-order chi connectivity index (χ0) is 19.3. The first-order chi connectivity index (χ1) is 13.8. The first-order valence-electron chi connectivity index (χ1n) is 9.24. The van der Waals surface area contributed by atoms with Crippen LogP contribution in [0.2, 0.25) is 0 Å². The topological polar surface area (TPSA) is 79.6 Å². The van der Waals surface area contributed by atoms with Gasteiger partial charge in [0.1, 0.15) is 11.3 Å². The van der Waals surface area contributed by atoms with E-state index < -0.39 is 0 Å². The number of carboxylic acid groups (broad SMARTS) is 1. The number of carbonyl (C=O) groups is 1. The molecule has 0 bridgehead atoms. The molecule has 0 amide bonds. The Labute approximate surface area is 167 Å². The van der Waals surface area contributed by atoms with Gasteiger partial charge in [0.2, 0.25) is 0 Å². The lowest BCUT2D eigenvalue weighted by atomic mass is 10.2. The molecule has 2 aliphatic heterocycles. The lowest BCUT2D eigenvalue weighted by Crippen LogP contribution is -2.43. The molecule has 7 nitrogen and oxygen atoms in total. The van der Waals surface area contributed by atoms with Crippen LogP contribution in [0.1, 0.15) is 5.56 Å². The average molecular weight is 398 g/mol. The van der Waals surface area contributed by atoms with Gasteiger partial charge >= 0.3 is 0 Å². The maximum absolute atomic E-state index is 8.36. The normalized spacial score (nSPS) is 15.5. The van der Waals surface area contributed by atoms with Crippen LogP contribution in [0.5, 0.6) is 5.75 Å². The molecule has 0 unspecified atom stereocenters. The van der Waals surface area contributed by atoms with Crippen molar-refractivity contribution in [3.8, 4) is 5.75 Å². The average Bonchev–Trinajstić information content (AvgIpc) is 3.35. The number of pyridine rings is 1. The molecule has 1 fully saturated rings. The van der Waals surface area contributed by atoms with Crippen molar-refractivity contribution in [3.05, 3.63) is 48.3 Å². The SMILES string of the molecule is O=CO.c1cc2c(c(Sn3cc(N4CCNCC4)c4ncccc43)c1)OCC2. The summed E-state index contributed by atoms with van der Waals surface area (Å²) in [6, 6.07) is 10.6. The quantitative estimate of drug-likeness (QED) is 0.657. The second-order valence-electron chi connectivity index (χ2n) is 6.49. The molecule has 2 N–H and O–H groups in total. The van der Waals surface area contributed by atoms with E-state index in [2.05, 4.69) is 49.6 Å². The first kappa shape index (κ1) is 18.6. The third-order valence-electron chi connectivity index (χ3n) is 4.84. The second-order valence-corrected chi connectivity index (χ2v) is 7.50. The summed E-state index contributed by atoms with van der Waals surface area (Å²) in [5.74, 6) is 1.04. The van der Waals surface area contributed by atoms with Gasteiger partial charge in [0.15, 0.2) is 0 Å². The van der Waals surface area contributed by atoms with Gasteiger partial charge in [-0.15, -0.1) is 0 Å². The van der Waals surface area contributed by atoms with Crippen molar-refractivity contribution < 1.29 is 14.6 Å². The molecule has 3 aromatic rings. The third-order valence-corrected chi connectivity index (χ3v) is 5.86. The Balaban J connectivity index is 0.000000604. The van der Waals surface area contributed by atoms with Gasteiger partial charge in [0, 0.05) is 45.0 Å². The Morgan fingerprint density at radius 2 is 2.04 bits per heavy atom. The second kappa shape index (κ2) is 8.53. The summed E-state index contributed by atoms with van der Waals surface area (Å²) in [5.41, 5.74) is 4.75. The molecule has 28 heavy (non-hydrogen) atoms. The van der Waals surface area contributed by atoms with Crippen molar-refractivity contribution in [3.63, 3.8) is 0 Å². The summed E-state index contributed by atoms with van der Waals surface area (Å²) in [4.78, 5) is 16.6. The summed E-state index contributed by atoms with van der Waals surface area (Å²) in [6.45, 7) is 4.61. The molecule has 1 aromatic carbocycles. The van der Waals surface area contributed by atoms with Crippen molar-refractivity contribution in [1.29, 1.82) is 0 Å². The molecule has 2 aromatic heterocycles. The Morgan fingerprint density at radius 1 is 1.21 bits per heavy atom. The highest BCUT2D eigenvalue weighted by molar-refractivity contribution is 7.98. The number of anilines is 1. The van der Waals surface area contributed by atoms with Crippen LogP contribution in [-0.2, 0) is 11.2 Å². The molecule has 5 rings (SSSR count). The minimum Gasteiger partial charge on any atom is -0.492 e. The van der Waals surface area contributed by atoms with E-state index in [0.717, 1.165) is 56.0 Å². The van der Waals surface area contributed by atoms with Crippen LogP contribution in [0.25, 0.3) is 11.0 Å². The van der Waals surface area contributed by atoms with E-state index in [-0.39, 0.29) is 6.47 Å². The van der Waals surface area contributed by atoms with Crippen LogP contribution in [-0.4, -0.2) is 53.3 Å². The molecule has 0 atom stereocenters. The van der Waals surface area contributed by atoms with Gasteiger partial charge in [-0.05, 0) is 35.7 Å². The smallest absolute Gasteiger partial charge is 0.290 e. The van der Waals surface area contributed by atoms with E-state index in [1.54, 1.807) is 11.9 Å². The molecule has 0 saturated carbocycles. The largest absolute Gasteiger partial charge is 0.492 e. The van der Waals surface area contributed by atoms with Gasteiger partial charge in [0.05, 0.1) is 22.7 Å². The Hall–Kier alpha value is -2.71. The fraction of sp³-hybridized carbons (Fsp3) is 0.300. The van der Waals surface area contributed by atoms with Crippen molar-refractivity contribution in [2.45, 2.75) is 11.3 Å². The molecule has 0 spiro atoms. The van der Waals surface area contributed by atoms with Crippen LogP contribution < -0.4 is 15.0 Å². The fourth-order valence-electron chi connectivity index (χ4n) is 3.59. The number of ether oxygens (including phenoxy) is 1. The number of rotatable bonds is 3. The lowest BCUT2D eigenvalue weighted by molar-refractivity contribution is -0.122. The molecular weight excluding hydrogens is 376 g/mol. The zero-order valence-corrected chi connectivity index (χ0v) is 16.2. The van der Waals surface area contributed by atoms with Crippen LogP contribution in [0, 0.1) is 0 Å². The van der Waals surface area contributed by atoms with E-state index in [0.29, 0.717) is 0 Å². The number of hydrogen-bond acceptors (Lipinski definition) is 6. The molecule has 0 aliphatic carbocycles. The maximum Gasteiger partial charge on any atom is 0.290 e. The molecule has 1 saturated heterocycles. The Kier molecular flexibility index (Phi) is 5.68. The zero-order valence-electron chi connectivity index (χ0n) is 15.4. The van der Waals surface area contributed by atoms with Gasteiger partial charge in [-0.3, -0.25) is 13.8 Å². The van der Waals surface area contributed by atoms with E-state index in [1.165, 1.54) is 16.1 Å². The summed E-state index contributed by atoms with van der Waals surface area (Å²) in [6.07, 6.45) is 5.11. The Morgan fingerprint density at radius 3 is 2.86 bits per heavy atom. The van der Waals surface area contributed by atoms with Crippen LogP contribution in [0.4, 0.5) is 5.69 Å². The van der Waals surface area contributed by atoms with E-state index in [1.807, 2.05) is 12.3 Å². The summed E-state index contributed by atoms with van der Waals surface area (Å²) < 4.78 is 8.10. The number of nitrogens with one attached hydrogen (secondary N) is 1. The third kappa shape index (κ3) is 3.65. The molecule has 2 aliphatic rings. The monoisotopic (exact) mass is 398 g/mol. The first-order valence-corrected chi connectivity index (χ1v) is 10.0. The van der Waals surface area contributed by atoms with Gasteiger partial charge in [-0.2, -0.15) is 0 Å². The van der Waals surface area contributed by atoms with Crippen molar-refractivity contribution >= 4 is 35.1 Å². The summed E-state index contributed by atoms with van der Waals surface area (Å²) in [7, 11) is 0. The van der Waals surface area contributed by atoms with Crippen molar-refractivity contribution in [2.24, 2.45) is 0 Å². The molecular formula is C20H22N4O3S. The van der Waals surface area contributed by atoms with Gasteiger partial charge in [-0.1, -0.05) is 12.1 Å². The minimum atomic E-state index is -0.250. The van der Waals surface area contributed by atoms with E-state index in [9.17, 15) is 0 Å². The van der Waals surface area contributed by atoms with Gasteiger partial charge in [-0.25, -0.2) is 0 Å². The van der Waals surface area contributed by atoms with Crippen LogP contribution >= 0.6 is 11.9 Å². The summed E-state index contributed by atoms with van der Waals surface area (Å²) in [5, 5.41) is 10.3. The number of para-hydroxylation sites is 1. The predicted octanol–water partition coefficient (Wildman–Crippen LogP) is 2.64. The number of fused-ring (bicyclic) bond motifs is 2. The number of benzene rings is 1. The van der Waals surface area contributed by atoms with Crippen LogP contribution in [0.3, 0.4) is 0 Å². The van der Waals surface area contributed by atoms with Crippen molar-refractivity contribution in [1.82, 2.24) is 14.3 Å². The van der Waals surface area contributed by atoms with Gasteiger partial charge < -0.3 is 20.1 Å². The molecule has 4 heterocycles. The van der Waals surface area contributed by atoms with Crippen LogP contribution in [0.15, 0.2) is 47.6 Å². The highest BCUT2D eigenvalue weighted by Crippen LogP contribution is 2.40. The minimum absolute atomic E-state index is 0.250. The highest BCUT2D eigenvalue weighted by atomic mass is 32.2. The highest BCUT2D eigenvalue weighted by Gasteiger charge is 2.21. The van der Waals surface area contributed by atoms with E-state index >= 15 is 0 Å². The standard InChI is InChI=1S/C19H20N4OS.CH2O2/c1-3-14-6-12-24-19(14)17(5-1)25-23-13-16(22-10-8-20-9-11-22)18-15(23)4-2-7-21-18;2-1-3/h1-5,7,13,20H,6,8-12H2;1H,(H,2,3). The lowest BCUT2D eigenvalue weighted by Gasteiger charge is -2.28. The molecule has 0 radical (unpaired) electrons. The number of hydrogen-bond donors (Lipinski definition) is 2. The molecule has 8 heteroatoms. The predicted molar refractivity (Wildman–Crippen MR) is 110 cm³/mol. The van der Waals surface area contributed by atoms with Crippen molar-refractivity contribution in [2.75, 3.05) is 37.7 Å². The number of nitrogens with zero attached hydrogens (tertiary/aromatic N) is 3. The summed E-state index contributed by atoms with van der Waals surface area (Å²) >= 11 is 1.72. The van der Waals surface area contributed by atoms with Gasteiger partial charge in [0.25, 0.3) is 6.47 Å². The number of piperazine rings is 1. The number of aromatic nitrogens is 2. The maximum atomic E-state index is 8.36. The fourth-order valence-corrected chi connectivity index (χ4v) is 4.61. The van der Waals surface area contributed by atoms with E-state index in [4.69, 9.17) is 14.6 Å².